The highest BCUT2D eigenvalue weighted by molar-refractivity contribution is 9.10. The molecule has 0 unspecified atom stereocenters. The Balaban J connectivity index is 2.45. The summed E-state index contributed by atoms with van der Waals surface area (Å²) < 4.78 is 11.7. The fourth-order valence-corrected chi connectivity index (χ4v) is 3.78. The summed E-state index contributed by atoms with van der Waals surface area (Å²) in [6.45, 7) is 3.49. The van der Waals surface area contributed by atoms with Crippen LogP contribution in [0.1, 0.15) is 43.0 Å². The zero-order chi connectivity index (χ0) is 18.7. The number of rotatable bonds is 5. The summed E-state index contributed by atoms with van der Waals surface area (Å²) in [5, 5.41) is 6.84. The standard InChI is InChI=1S/C15H16BrN3O5S/c1-5-24-15(22)11-7(2)9(14(21)23-4)13(25-11)18-12(20)10-8(16)6-17-19(10)3/h6H,5H2,1-4H3,(H,18,20). The molecular weight excluding hydrogens is 414 g/mol. The van der Waals surface area contributed by atoms with Crippen LogP contribution in [0.25, 0.3) is 0 Å². The lowest BCUT2D eigenvalue weighted by molar-refractivity contribution is 0.0531. The monoisotopic (exact) mass is 429 g/mol. The first-order chi connectivity index (χ1) is 11.8. The van der Waals surface area contributed by atoms with Gasteiger partial charge in [-0.3, -0.25) is 9.48 Å². The second-order valence-corrected chi connectivity index (χ2v) is 6.77. The van der Waals surface area contributed by atoms with Gasteiger partial charge >= 0.3 is 11.9 Å². The summed E-state index contributed by atoms with van der Waals surface area (Å²) in [6, 6.07) is 0. The Kier molecular flexibility index (Phi) is 5.96. The molecule has 0 radical (unpaired) electrons. The maximum absolute atomic E-state index is 12.5. The van der Waals surface area contributed by atoms with Crippen molar-refractivity contribution in [1.29, 1.82) is 0 Å². The number of amides is 1. The lowest BCUT2D eigenvalue weighted by Crippen LogP contribution is -2.18. The van der Waals surface area contributed by atoms with Crippen LogP contribution in [0.4, 0.5) is 5.00 Å². The first-order valence-corrected chi connectivity index (χ1v) is 8.80. The topological polar surface area (TPSA) is 99.5 Å². The molecule has 10 heteroatoms. The smallest absolute Gasteiger partial charge is 0.348 e. The molecule has 2 heterocycles. The number of esters is 2. The highest BCUT2D eigenvalue weighted by Gasteiger charge is 2.28. The van der Waals surface area contributed by atoms with Crippen molar-refractivity contribution in [3.05, 3.63) is 32.4 Å². The molecule has 0 saturated heterocycles. The van der Waals surface area contributed by atoms with Crippen molar-refractivity contribution in [2.24, 2.45) is 7.05 Å². The Morgan fingerprint density at radius 2 is 2.04 bits per heavy atom. The Morgan fingerprint density at radius 3 is 2.56 bits per heavy atom. The number of hydrogen-bond donors (Lipinski definition) is 1. The third-order valence-corrected chi connectivity index (χ3v) is 5.10. The lowest BCUT2D eigenvalue weighted by atomic mass is 10.1. The van der Waals surface area contributed by atoms with Crippen molar-refractivity contribution in [1.82, 2.24) is 9.78 Å². The van der Waals surface area contributed by atoms with Crippen molar-refractivity contribution >= 4 is 50.1 Å². The van der Waals surface area contributed by atoms with Crippen LogP contribution in [0.3, 0.4) is 0 Å². The van der Waals surface area contributed by atoms with Gasteiger partial charge in [0.2, 0.25) is 0 Å². The van der Waals surface area contributed by atoms with E-state index in [0.717, 1.165) is 11.3 Å². The minimum absolute atomic E-state index is 0.127. The molecule has 2 aromatic rings. The zero-order valence-electron chi connectivity index (χ0n) is 14.0. The van der Waals surface area contributed by atoms with Gasteiger partial charge in [-0.05, 0) is 35.3 Å². The number of aromatic nitrogens is 2. The number of methoxy groups -OCH3 is 1. The van der Waals surface area contributed by atoms with Gasteiger partial charge in [-0.2, -0.15) is 5.10 Å². The van der Waals surface area contributed by atoms with Gasteiger partial charge in [0.25, 0.3) is 5.91 Å². The third kappa shape index (κ3) is 3.74. The highest BCUT2D eigenvalue weighted by Crippen LogP contribution is 2.34. The molecule has 8 nitrogen and oxygen atoms in total. The van der Waals surface area contributed by atoms with Crippen molar-refractivity contribution in [2.45, 2.75) is 13.8 Å². The van der Waals surface area contributed by atoms with E-state index in [4.69, 9.17) is 9.47 Å². The SMILES string of the molecule is CCOC(=O)c1sc(NC(=O)c2c(Br)cnn2C)c(C(=O)OC)c1C. The number of halogens is 1. The molecule has 0 aliphatic heterocycles. The number of hydrogen-bond acceptors (Lipinski definition) is 7. The second-order valence-electron chi connectivity index (χ2n) is 4.89. The van der Waals surface area contributed by atoms with Gasteiger partial charge in [-0.15, -0.1) is 11.3 Å². The molecule has 1 N–H and O–H groups in total. The minimum atomic E-state index is -0.649. The van der Waals surface area contributed by atoms with E-state index < -0.39 is 17.8 Å². The molecule has 0 atom stereocenters. The Bertz CT molecular complexity index is 823. The van der Waals surface area contributed by atoms with E-state index in [-0.39, 0.29) is 27.7 Å². The maximum Gasteiger partial charge on any atom is 0.348 e. The van der Waals surface area contributed by atoms with Crippen LogP contribution >= 0.6 is 27.3 Å². The van der Waals surface area contributed by atoms with Gasteiger partial charge in [-0.1, -0.05) is 0 Å². The van der Waals surface area contributed by atoms with Gasteiger partial charge in [0.05, 0.1) is 29.9 Å². The van der Waals surface area contributed by atoms with E-state index in [1.807, 2.05) is 0 Å². The van der Waals surface area contributed by atoms with Crippen LogP contribution in [0.5, 0.6) is 0 Å². The molecule has 0 aliphatic rings. The molecular formula is C15H16BrN3O5S. The molecule has 0 bridgehead atoms. The lowest BCUT2D eigenvalue weighted by Gasteiger charge is -2.06. The normalized spacial score (nSPS) is 10.4. The summed E-state index contributed by atoms with van der Waals surface area (Å²) in [5.74, 6) is -1.69. The van der Waals surface area contributed by atoms with Crippen LogP contribution in [-0.2, 0) is 16.5 Å². The number of thiophene rings is 1. The van der Waals surface area contributed by atoms with Gasteiger partial charge in [0, 0.05) is 7.05 Å². The molecule has 0 saturated carbocycles. The summed E-state index contributed by atoms with van der Waals surface area (Å²) in [7, 11) is 2.84. The molecule has 134 valence electrons. The molecule has 0 fully saturated rings. The first kappa shape index (κ1) is 19.1. The molecule has 0 spiro atoms. The molecule has 25 heavy (non-hydrogen) atoms. The molecule has 2 rings (SSSR count). The van der Waals surface area contributed by atoms with Crippen molar-refractivity contribution < 1.29 is 23.9 Å². The average molecular weight is 430 g/mol. The minimum Gasteiger partial charge on any atom is -0.465 e. The Morgan fingerprint density at radius 1 is 1.36 bits per heavy atom. The number of nitrogens with zero attached hydrogens (tertiary/aromatic N) is 2. The predicted molar refractivity (Wildman–Crippen MR) is 95.2 cm³/mol. The van der Waals surface area contributed by atoms with Crippen molar-refractivity contribution in [3.63, 3.8) is 0 Å². The number of aryl methyl sites for hydroxylation is 1. The van der Waals surface area contributed by atoms with E-state index in [1.54, 1.807) is 20.9 Å². The van der Waals surface area contributed by atoms with E-state index in [2.05, 4.69) is 26.3 Å². The van der Waals surface area contributed by atoms with E-state index in [1.165, 1.54) is 18.0 Å². The Hall–Kier alpha value is -2.20. The number of ether oxygens (including phenoxy) is 2. The van der Waals surface area contributed by atoms with Gasteiger partial charge in [-0.25, -0.2) is 9.59 Å². The van der Waals surface area contributed by atoms with Crippen LogP contribution in [0, 0.1) is 6.92 Å². The maximum atomic E-state index is 12.5. The van der Waals surface area contributed by atoms with Crippen LogP contribution in [0.2, 0.25) is 0 Å². The largest absolute Gasteiger partial charge is 0.465 e. The number of carbonyl (C=O) groups excluding carboxylic acids is 3. The van der Waals surface area contributed by atoms with E-state index in [9.17, 15) is 14.4 Å². The number of anilines is 1. The van der Waals surface area contributed by atoms with E-state index in [0.29, 0.717) is 10.0 Å². The van der Waals surface area contributed by atoms with Gasteiger partial charge in [0.1, 0.15) is 15.6 Å². The van der Waals surface area contributed by atoms with Crippen LogP contribution in [0.15, 0.2) is 10.7 Å². The highest BCUT2D eigenvalue weighted by atomic mass is 79.9. The second kappa shape index (κ2) is 7.79. The third-order valence-electron chi connectivity index (χ3n) is 3.33. The first-order valence-electron chi connectivity index (χ1n) is 7.19. The van der Waals surface area contributed by atoms with Gasteiger partial charge < -0.3 is 14.8 Å². The fraction of sp³-hybridized carbons (Fsp3) is 0.333. The quantitative estimate of drug-likeness (QED) is 0.733. The molecule has 0 aromatic carbocycles. The Labute approximate surface area is 156 Å². The van der Waals surface area contributed by atoms with Gasteiger partial charge in [0.15, 0.2) is 0 Å². The molecule has 0 aliphatic carbocycles. The van der Waals surface area contributed by atoms with Crippen molar-refractivity contribution in [2.75, 3.05) is 19.0 Å². The van der Waals surface area contributed by atoms with E-state index >= 15 is 0 Å². The summed E-state index contributed by atoms with van der Waals surface area (Å²) in [5.41, 5.74) is 0.802. The summed E-state index contributed by atoms with van der Waals surface area (Å²) in [4.78, 5) is 36.9. The van der Waals surface area contributed by atoms with Crippen LogP contribution in [-0.4, -0.2) is 41.3 Å². The number of carbonyl (C=O) groups is 3. The van der Waals surface area contributed by atoms with Crippen molar-refractivity contribution in [3.8, 4) is 0 Å². The molecule has 2 aromatic heterocycles. The summed E-state index contributed by atoms with van der Waals surface area (Å²) in [6.07, 6.45) is 1.49. The molecule has 1 amide bonds. The zero-order valence-corrected chi connectivity index (χ0v) is 16.4. The predicted octanol–water partition coefficient (Wildman–Crippen LogP) is 2.77. The average Bonchev–Trinajstić information content (AvgIpc) is 3.06. The van der Waals surface area contributed by atoms with Crippen LogP contribution < -0.4 is 5.32 Å². The summed E-state index contributed by atoms with van der Waals surface area (Å²) >= 11 is 4.21. The fourth-order valence-electron chi connectivity index (χ4n) is 2.17. The number of nitrogens with one attached hydrogen (secondary N) is 1.